The zero-order valence-electron chi connectivity index (χ0n) is 9.43. The quantitative estimate of drug-likeness (QED) is 0.834. The molecule has 0 aromatic heterocycles. The first-order chi connectivity index (χ1) is 8.72. The Kier molecular flexibility index (Phi) is 3.56. The molecule has 0 spiro atoms. The van der Waals surface area contributed by atoms with Gasteiger partial charge in [-0.2, -0.15) is 0 Å². The van der Waals surface area contributed by atoms with Crippen molar-refractivity contribution in [2.75, 3.05) is 0 Å². The predicted octanol–water partition coefficient (Wildman–Crippen LogP) is 3.66. The van der Waals surface area contributed by atoms with E-state index < -0.39 is 5.82 Å². The number of nitrogens with zero attached hydrogens (tertiary/aromatic N) is 1. The molecule has 0 fully saturated rings. The van der Waals surface area contributed by atoms with E-state index in [1.54, 1.807) is 24.3 Å². The molecule has 0 heterocycles. The van der Waals surface area contributed by atoms with Crippen LogP contribution in [0, 0.1) is 12.4 Å². The highest BCUT2D eigenvalue weighted by atomic mass is 19.1. The molecule has 1 N–H and O–H groups in total. The van der Waals surface area contributed by atoms with Gasteiger partial charge in [-0.1, -0.05) is 18.2 Å². The van der Waals surface area contributed by atoms with Gasteiger partial charge in [-0.05, 0) is 29.8 Å². The fraction of sp³-hybridized carbons (Fsp3) is 0.0714. The molecule has 0 aliphatic heterocycles. The van der Waals surface area contributed by atoms with Gasteiger partial charge in [0.2, 0.25) is 0 Å². The van der Waals surface area contributed by atoms with Gasteiger partial charge in [0.05, 0.1) is 13.2 Å². The van der Waals surface area contributed by atoms with E-state index in [4.69, 9.17) is 16.4 Å². The predicted molar refractivity (Wildman–Crippen MR) is 65.1 cm³/mol. The summed E-state index contributed by atoms with van der Waals surface area (Å²) in [5.74, 6) is -0.0803. The first-order valence-corrected chi connectivity index (χ1v) is 5.27. The van der Waals surface area contributed by atoms with Gasteiger partial charge < -0.3 is 9.84 Å². The van der Waals surface area contributed by atoms with Crippen molar-refractivity contribution in [1.82, 2.24) is 0 Å². The molecule has 0 saturated carbocycles. The van der Waals surface area contributed by atoms with Crippen LogP contribution in [0.5, 0.6) is 11.5 Å². The fourth-order valence-electron chi connectivity index (χ4n) is 1.47. The van der Waals surface area contributed by atoms with Crippen LogP contribution < -0.4 is 4.74 Å². The standard InChI is InChI=1S/C14H10FNO2/c1-16-11-3-2-4-12(8-11)18-14-6-5-10(9-17)7-13(14)15/h2-8,17H,9H2. The summed E-state index contributed by atoms with van der Waals surface area (Å²) in [4.78, 5) is 3.27. The van der Waals surface area contributed by atoms with Crippen molar-refractivity contribution in [3.05, 3.63) is 65.3 Å². The van der Waals surface area contributed by atoms with Crippen LogP contribution in [0.4, 0.5) is 10.1 Å². The van der Waals surface area contributed by atoms with E-state index in [0.29, 0.717) is 17.0 Å². The number of ether oxygens (including phenoxy) is 1. The topological polar surface area (TPSA) is 33.8 Å². The second-order valence-corrected chi connectivity index (χ2v) is 3.63. The summed E-state index contributed by atoms with van der Waals surface area (Å²) < 4.78 is 19.0. The van der Waals surface area contributed by atoms with Crippen LogP contribution in [0.25, 0.3) is 4.85 Å². The van der Waals surface area contributed by atoms with Crippen LogP contribution in [-0.2, 0) is 6.61 Å². The molecule has 4 heteroatoms. The van der Waals surface area contributed by atoms with E-state index in [0.717, 1.165) is 0 Å². The molecule has 0 aliphatic rings. The van der Waals surface area contributed by atoms with E-state index in [2.05, 4.69) is 4.85 Å². The lowest BCUT2D eigenvalue weighted by atomic mass is 10.2. The molecule has 0 amide bonds. The number of aliphatic hydroxyl groups is 1. The van der Waals surface area contributed by atoms with Gasteiger partial charge in [0.25, 0.3) is 0 Å². The minimum Gasteiger partial charge on any atom is -0.456 e. The van der Waals surface area contributed by atoms with E-state index in [1.807, 2.05) is 0 Å². The van der Waals surface area contributed by atoms with E-state index >= 15 is 0 Å². The number of halogens is 1. The molecule has 0 aliphatic carbocycles. The summed E-state index contributed by atoms with van der Waals surface area (Å²) in [5, 5.41) is 8.87. The van der Waals surface area contributed by atoms with Gasteiger partial charge >= 0.3 is 0 Å². The van der Waals surface area contributed by atoms with Crippen molar-refractivity contribution in [1.29, 1.82) is 0 Å². The maximum absolute atomic E-state index is 13.6. The average Bonchev–Trinajstić information content (AvgIpc) is 2.41. The summed E-state index contributed by atoms with van der Waals surface area (Å²) in [6.07, 6.45) is 0. The lowest BCUT2D eigenvalue weighted by Gasteiger charge is -2.07. The van der Waals surface area contributed by atoms with E-state index in [-0.39, 0.29) is 12.4 Å². The molecule has 0 bridgehead atoms. The monoisotopic (exact) mass is 243 g/mol. The summed E-state index contributed by atoms with van der Waals surface area (Å²) in [7, 11) is 0. The van der Waals surface area contributed by atoms with Crippen molar-refractivity contribution in [3.63, 3.8) is 0 Å². The number of rotatable bonds is 3. The van der Waals surface area contributed by atoms with Gasteiger partial charge in [0.15, 0.2) is 17.3 Å². The van der Waals surface area contributed by atoms with Crippen molar-refractivity contribution >= 4 is 5.69 Å². The third kappa shape index (κ3) is 2.65. The Bertz CT molecular complexity index is 605. The van der Waals surface area contributed by atoms with Crippen LogP contribution in [0.15, 0.2) is 42.5 Å². The zero-order valence-corrected chi connectivity index (χ0v) is 9.43. The molecule has 90 valence electrons. The van der Waals surface area contributed by atoms with Gasteiger partial charge in [-0.3, -0.25) is 0 Å². The molecule has 18 heavy (non-hydrogen) atoms. The minimum atomic E-state index is -0.547. The van der Waals surface area contributed by atoms with E-state index in [9.17, 15) is 4.39 Å². The summed E-state index contributed by atoms with van der Waals surface area (Å²) in [6, 6.07) is 10.7. The van der Waals surface area contributed by atoms with Crippen molar-refractivity contribution in [2.45, 2.75) is 6.61 Å². The molecule has 2 rings (SSSR count). The maximum atomic E-state index is 13.6. The zero-order chi connectivity index (χ0) is 13.0. The first-order valence-electron chi connectivity index (χ1n) is 5.27. The highest BCUT2D eigenvalue weighted by Gasteiger charge is 2.06. The van der Waals surface area contributed by atoms with Gasteiger partial charge in [-0.25, -0.2) is 9.24 Å². The maximum Gasteiger partial charge on any atom is 0.190 e. The lowest BCUT2D eigenvalue weighted by Crippen LogP contribution is -1.91. The molecule has 0 radical (unpaired) electrons. The minimum absolute atomic E-state index is 0.0642. The molecule has 2 aromatic carbocycles. The Hall–Kier alpha value is -2.38. The van der Waals surface area contributed by atoms with Crippen molar-refractivity contribution in [2.24, 2.45) is 0 Å². The Balaban J connectivity index is 2.26. The molecule has 0 saturated heterocycles. The summed E-state index contributed by atoms with van der Waals surface area (Å²) in [6.45, 7) is 6.67. The number of aliphatic hydroxyl groups excluding tert-OH is 1. The molecular weight excluding hydrogens is 233 g/mol. The second-order valence-electron chi connectivity index (χ2n) is 3.63. The average molecular weight is 243 g/mol. The van der Waals surface area contributed by atoms with Crippen molar-refractivity contribution in [3.8, 4) is 11.5 Å². The molecule has 0 atom stereocenters. The highest BCUT2D eigenvalue weighted by molar-refractivity contribution is 5.50. The number of hydrogen-bond donors (Lipinski definition) is 1. The van der Waals surface area contributed by atoms with Crippen LogP contribution in [0.1, 0.15) is 5.56 Å². The largest absolute Gasteiger partial charge is 0.456 e. The molecule has 2 aromatic rings. The molecule has 3 nitrogen and oxygen atoms in total. The third-order valence-electron chi connectivity index (χ3n) is 2.35. The number of hydrogen-bond acceptors (Lipinski definition) is 2. The first kappa shape index (κ1) is 12.1. The van der Waals surface area contributed by atoms with Crippen LogP contribution in [0.2, 0.25) is 0 Å². The lowest BCUT2D eigenvalue weighted by molar-refractivity contribution is 0.281. The Labute approximate surface area is 104 Å². The van der Waals surface area contributed by atoms with Crippen LogP contribution in [0.3, 0.4) is 0 Å². The second kappa shape index (κ2) is 5.30. The van der Waals surface area contributed by atoms with E-state index in [1.165, 1.54) is 18.2 Å². The Morgan fingerprint density at radius 3 is 2.72 bits per heavy atom. The normalized spacial score (nSPS) is 9.83. The van der Waals surface area contributed by atoms with Gasteiger partial charge in [-0.15, -0.1) is 0 Å². The third-order valence-corrected chi connectivity index (χ3v) is 2.35. The van der Waals surface area contributed by atoms with Gasteiger partial charge in [0, 0.05) is 0 Å². The van der Waals surface area contributed by atoms with Crippen LogP contribution in [-0.4, -0.2) is 5.11 Å². The highest BCUT2D eigenvalue weighted by Crippen LogP contribution is 2.27. The smallest absolute Gasteiger partial charge is 0.190 e. The Morgan fingerprint density at radius 2 is 2.06 bits per heavy atom. The fourth-order valence-corrected chi connectivity index (χ4v) is 1.47. The van der Waals surface area contributed by atoms with Gasteiger partial charge in [0.1, 0.15) is 5.75 Å². The summed E-state index contributed by atoms with van der Waals surface area (Å²) in [5.41, 5.74) is 0.912. The van der Waals surface area contributed by atoms with Crippen LogP contribution >= 0.6 is 0 Å². The SMILES string of the molecule is [C-]#[N+]c1cccc(Oc2ccc(CO)cc2F)c1. The van der Waals surface area contributed by atoms with Crippen molar-refractivity contribution < 1.29 is 14.2 Å². The summed E-state index contributed by atoms with van der Waals surface area (Å²) >= 11 is 0. The molecular formula is C14H10FNO2. The Morgan fingerprint density at radius 1 is 1.22 bits per heavy atom. The molecule has 0 unspecified atom stereocenters. The number of benzene rings is 2.